The standard InChI is InChI=1S/C14H27NO2/c1-10-7-6-8-15(10)9-11-12(16)14(4,5)17-13(11,2)3/h10-12,16H,6-9H2,1-5H3. The van der Waals surface area contributed by atoms with Crippen LogP contribution in [0.1, 0.15) is 47.5 Å². The van der Waals surface area contributed by atoms with E-state index in [-0.39, 0.29) is 17.6 Å². The third-order valence-electron chi connectivity index (χ3n) is 4.63. The van der Waals surface area contributed by atoms with Crippen LogP contribution in [0.4, 0.5) is 0 Å². The highest BCUT2D eigenvalue weighted by Crippen LogP contribution is 2.43. The molecule has 0 amide bonds. The van der Waals surface area contributed by atoms with Gasteiger partial charge in [-0.2, -0.15) is 0 Å². The zero-order valence-electron chi connectivity index (χ0n) is 11.9. The third-order valence-corrected chi connectivity index (χ3v) is 4.63. The first-order valence-corrected chi connectivity index (χ1v) is 6.86. The highest BCUT2D eigenvalue weighted by atomic mass is 16.5. The van der Waals surface area contributed by atoms with Gasteiger partial charge in [0.15, 0.2) is 0 Å². The SMILES string of the molecule is CC1CCCN1CC1C(O)C(C)(C)OC1(C)C. The van der Waals surface area contributed by atoms with E-state index in [4.69, 9.17) is 4.74 Å². The fourth-order valence-electron chi connectivity index (χ4n) is 3.52. The molecule has 0 aromatic rings. The molecule has 1 N–H and O–H groups in total. The Labute approximate surface area is 105 Å². The number of nitrogens with zero attached hydrogens (tertiary/aromatic N) is 1. The zero-order valence-corrected chi connectivity index (χ0v) is 11.9. The van der Waals surface area contributed by atoms with Gasteiger partial charge in [-0.1, -0.05) is 0 Å². The summed E-state index contributed by atoms with van der Waals surface area (Å²) in [7, 11) is 0. The molecular formula is C14H27NO2. The van der Waals surface area contributed by atoms with Crippen molar-refractivity contribution in [3.05, 3.63) is 0 Å². The predicted molar refractivity (Wildman–Crippen MR) is 69.0 cm³/mol. The topological polar surface area (TPSA) is 32.7 Å². The minimum atomic E-state index is -0.420. The molecule has 0 spiro atoms. The van der Waals surface area contributed by atoms with Crippen LogP contribution in [-0.4, -0.2) is 46.4 Å². The lowest BCUT2D eigenvalue weighted by Gasteiger charge is -2.32. The molecular weight excluding hydrogens is 214 g/mol. The summed E-state index contributed by atoms with van der Waals surface area (Å²) in [5, 5.41) is 10.4. The third kappa shape index (κ3) is 2.38. The van der Waals surface area contributed by atoms with Crippen molar-refractivity contribution in [3.8, 4) is 0 Å². The van der Waals surface area contributed by atoms with Crippen LogP contribution >= 0.6 is 0 Å². The van der Waals surface area contributed by atoms with Gasteiger partial charge in [-0.3, -0.25) is 0 Å². The summed E-state index contributed by atoms with van der Waals surface area (Å²) in [4.78, 5) is 2.50. The number of hydrogen-bond donors (Lipinski definition) is 1. The van der Waals surface area contributed by atoms with Gasteiger partial charge in [0.05, 0.1) is 17.3 Å². The Morgan fingerprint density at radius 3 is 2.29 bits per heavy atom. The first-order chi connectivity index (χ1) is 7.74. The fraction of sp³-hybridized carbons (Fsp3) is 1.00. The van der Waals surface area contributed by atoms with Crippen molar-refractivity contribution in [2.24, 2.45) is 5.92 Å². The second-order valence-corrected chi connectivity index (χ2v) is 6.85. The molecule has 0 radical (unpaired) electrons. The Balaban J connectivity index is 2.09. The Hall–Kier alpha value is -0.120. The number of rotatable bonds is 2. The molecule has 0 saturated carbocycles. The van der Waals surface area contributed by atoms with E-state index in [1.54, 1.807) is 0 Å². The van der Waals surface area contributed by atoms with Crippen molar-refractivity contribution < 1.29 is 9.84 Å². The number of hydrogen-bond acceptors (Lipinski definition) is 3. The molecule has 2 fully saturated rings. The van der Waals surface area contributed by atoms with Gasteiger partial charge < -0.3 is 14.7 Å². The maximum absolute atomic E-state index is 10.4. The number of aliphatic hydroxyl groups excluding tert-OH is 1. The molecule has 2 aliphatic heterocycles. The molecule has 0 aliphatic carbocycles. The molecule has 3 atom stereocenters. The molecule has 3 unspecified atom stereocenters. The summed E-state index contributed by atoms with van der Waals surface area (Å²) < 4.78 is 6.03. The average Bonchev–Trinajstić information content (AvgIpc) is 2.62. The van der Waals surface area contributed by atoms with E-state index >= 15 is 0 Å². The molecule has 2 rings (SSSR count). The first-order valence-electron chi connectivity index (χ1n) is 6.86. The normalized spacial score (nSPS) is 40.9. The van der Waals surface area contributed by atoms with Gasteiger partial charge in [-0.05, 0) is 54.0 Å². The van der Waals surface area contributed by atoms with Crippen molar-refractivity contribution in [2.75, 3.05) is 13.1 Å². The van der Waals surface area contributed by atoms with Gasteiger partial charge in [-0.25, -0.2) is 0 Å². The van der Waals surface area contributed by atoms with E-state index in [2.05, 4.69) is 25.7 Å². The largest absolute Gasteiger partial charge is 0.390 e. The molecule has 17 heavy (non-hydrogen) atoms. The molecule has 2 saturated heterocycles. The lowest BCUT2D eigenvalue weighted by molar-refractivity contribution is -0.0913. The molecule has 2 heterocycles. The number of aliphatic hydroxyl groups is 1. The molecule has 3 nitrogen and oxygen atoms in total. The van der Waals surface area contributed by atoms with E-state index in [1.807, 2.05) is 13.8 Å². The maximum Gasteiger partial charge on any atom is 0.0896 e. The number of likely N-dealkylation sites (tertiary alicyclic amines) is 1. The molecule has 0 aromatic carbocycles. The number of ether oxygens (including phenoxy) is 1. The van der Waals surface area contributed by atoms with E-state index in [9.17, 15) is 5.11 Å². The highest BCUT2D eigenvalue weighted by molar-refractivity contribution is 5.03. The molecule has 2 aliphatic rings. The smallest absolute Gasteiger partial charge is 0.0896 e. The van der Waals surface area contributed by atoms with Crippen molar-refractivity contribution in [2.45, 2.75) is 70.8 Å². The molecule has 0 aromatic heterocycles. The van der Waals surface area contributed by atoms with E-state index in [0.717, 1.165) is 6.54 Å². The zero-order chi connectivity index (χ0) is 12.8. The van der Waals surface area contributed by atoms with Crippen molar-refractivity contribution in [1.29, 1.82) is 0 Å². The highest BCUT2D eigenvalue weighted by Gasteiger charge is 2.53. The lowest BCUT2D eigenvalue weighted by atomic mass is 9.84. The van der Waals surface area contributed by atoms with Crippen molar-refractivity contribution in [1.82, 2.24) is 4.90 Å². The van der Waals surface area contributed by atoms with Crippen LogP contribution in [0.3, 0.4) is 0 Å². The van der Waals surface area contributed by atoms with E-state index < -0.39 is 5.60 Å². The van der Waals surface area contributed by atoms with Crippen LogP contribution in [0.25, 0.3) is 0 Å². The minimum absolute atomic E-state index is 0.207. The minimum Gasteiger partial charge on any atom is -0.390 e. The molecule has 3 heteroatoms. The van der Waals surface area contributed by atoms with Gasteiger partial charge in [0.2, 0.25) is 0 Å². The van der Waals surface area contributed by atoms with Crippen molar-refractivity contribution in [3.63, 3.8) is 0 Å². The van der Waals surface area contributed by atoms with E-state index in [1.165, 1.54) is 19.4 Å². The summed E-state index contributed by atoms with van der Waals surface area (Å²) in [5.41, 5.74) is -0.650. The Morgan fingerprint density at radius 2 is 1.88 bits per heavy atom. The summed E-state index contributed by atoms with van der Waals surface area (Å²) in [6, 6.07) is 0.654. The Kier molecular flexibility index (Phi) is 3.30. The monoisotopic (exact) mass is 241 g/mol. The van der Waals surface area contributed by atoms with Gasteiger partial charge in [0.25, 0.3) is 0 Å². The quantitative estimate of drug-likeness (QED) is 0.803. The first kappa shape index (κ1) is 13.3. The second-order valence-electron chi connectivity index (χ2n) is 6.85. The van der Waals surface area contributed by atoms with Crippen LogP contribution in [0.5, 0.6) is 0 Å². The van der Waals surface area contributed by atoms with Crippen LogP contribution in [0.15, 0.2) is 0 Å². The summed E-state index contributed by atoms with van der Waals surface area (Å²) in [6.45, 7) is 12.6. The predicted octanol–water partition coefficient (Wildman–Crippen LogP) is 2.04. The summed E-state index contributed by atoms with van der Waals surface area (Å²) in [5.74, 6) is 0.207. The van der Waals surface area contributed by atoms with Crippen LogP contribution in [-0.2, 0) is 4.74 Å². The van der Waals surface area contributed by atoms with E-state index in [0.29, 0.717) is 6.04 Å². The lowest BCUT2D eigenvalue weighted by Crippen LogP contribution is -2.44. The average molecular weight is 241 g/mol. The summed E-state index contributed by atoms with van der Waals surface area (Å²) >= 11 is 0. The van der Waals surface area contributed by atoms with Crippen LogP contribution in [0, 0.1) is 5.92 Å². The van der Waals surface area contributed by atoms with Gasteiger partial charge in [-0.15, -0.1) is 0 Å². The Bertz CT molecular complexity index is 288. The molecule has 100 valence electrons. The fourth-order valence-corrected chi connectivity index (χ4v) is 3.52. The van der Waals surface area contributed by atoms with Gasteiger partial charge >= 0.3 is 0 Å². The second kappa shape index (κ2) is 4.22. The molecule has 0 bridgehead atoms. The van der Waals surface area contributed by atoms with Gasteiger partial charge in [0.1, 0.15) is 0 Å². The van der Waals surface area contributed by atoms with Crippen molar-refractivity contribution >= 4 is 0 Å². The Morgan fingerprint density at radius 1 is 1.24 bits per heavy atom. The summed E-state index contributed by atoms with van der Waals surface area (Å²) in [6.07, 6.45) is 2.20. The maximum atomic E-state index is 10.4. The van der Waals surface area contributed by atoms with Gasteiger partial charge in [0, 0.05) is 18.5 Å². The van der Waals surface area contributed by atoms with Crippen LogP contribution < -0.4 is 0 Å². The van der Waals surface area contributed by atoms with Crippen LogP contribution in [0.2, 0.25) is 0 Å².